The van der Waals surface area contributed by atoms with Crippen molar-refractivity contribution in [1.29, 1.82) is 0 Å². The molecular weight excluding hydrogens is 385 g/mol. The summed E-state index contributed by atoms with van der Waals surface area (Å²) in [6.45, 7) is 0.978. The molecule has 0 atom stereocenters. The van der Waals surface area contributed by atoms with E-state index in [1.807, 2.05) is 12.1 Å². The van der Waals surface area contributed by atoms with Crippen molar-refractivity contribution in [3.8, 4) is 11.4 Å². The Kier molecular flexibility index (Phi) is 4.69. The van der Waals surface area contributed by atoms with Gasteiger partial charge in [-0.2, -0.15) is 13.2 Å². The SMILES string of the molecule is Cn1cc(C(F)(F)F)nc1-c1ccc(CNc2ncnc3c2CCNC3=O)cc1. The Morgan fingerprint density at radius 2 is 1.97 bits per heavy atom. The number of aryl methyl sites for hydroxylation is 1. The van der Waals surface area contributed by atoms with Crippen LogP contribution in [0, 0.1) is 0 Å². The molecule has 1 aromatic carbocycles. The van der Waals surface area contributed by atoms with Crippen LogP contribution in [-0.4, -0.2) is 32.0 Å². The lowest BCUT2D eigenvalue weighted by Crippen LogP contribution is -2.33. The van der Waals surface area contributed by atoms with Crippen LogP contribution in [0.2, 0.25) is 0 Å². The van der Waals surface area contributed by atoms with E-state index in [1.165, 1.54) is 17.9 Å². The summed E-state index contributed by atoms with van der Waals surface area (Å²) in [5, 5.41) is 5.94. The number of carbonyl (C=O) groups excluding carboxylic acids is 1. The Hall–Kier alpha value is -3.43. The maximum Gasteiger partial charge on any atom is 0.434 e. The summed E-state index contributed by atoms with van der Waals surface area (Å²) in [7, 11) is 1.53. The topological polar surface area (TPSA) is 84.7 Å². The van der Waals surface area contributed by atoms with Crippen LogP contribution < -0.4 is 10.6 Å². The van der Waals surface area contributed by atoms with E-state index in [0.29, 0.717) is 36.6 Å². The number of benzene rings is 1. The molecule has 0 bridgehead atoms. The number of imidazole rings is 1. The molecule has 0 saturated carbocycles. The van der Waals surface area contributed by atoms with Gasteiger partial charge in [0.2, 0.25) is 0 Å². The van der Waals surface area contributed by atoms with E-state index in [0.717, 1.165) is 17.3 Å². The first kappa shape index (κ1) is 18.9. The molecule has 7 nitrogen and oxygen atoms in total. The van der Waals surface area contributed by atoms with Crippen LogP contribution in [0.4, 0.5) is 19.0 Å². The van der Waals surface area contributed by atoms with Crippen LogP contribution >= 0.6 is 0 Å². The Labute approximate surface area is 164 Å². The molecule has 2 aromatic heterocycles. The number of fused-ring (bicyclic) bond motifs is 1. The lowest BCUT2D eigenvalue weighted by Gasteiger charge is -2.18. The lowest BCUT2D eigenvalue weighted by molar-refractivity contribution is -0.140. The van der Waals surface area contributed by atoms with E-state index in [4.69, 9.17) is 0 Å². The van der Waals surface area contributed by atoms with Crippen molar-refractivity contribution in [3.05, 3.63) is 59.3 Å². The van der Waals surface area contributed by atoms with Crippen molar-refractivity contribution in [3.63, 3.8) is 0 Å². The Balaban J connectivity index is 1.50. The average molecular weight is 402 g/mol. The zero-order valence-electron chi connectivity index (χ0n) is 15.4. The first-order valence-corrected chi connectivity index (χ1v) is 8.89. The minimum Gasteiger partial charge on any atom is -0.366 e. The van der Waals surface area contributed by atoms with Crippen LogP contribution in [0.15, 0.2) is 36.8 Å². The highest BCUT2D eigenvalue weighted by Crippen LogP contribution is 2.30. The fourth-order valence-corrected chi connectivity index (χ4v) is 3.21. The Morgan fingerprint density at radius 1 is 1.21 bits per heavy atom. The minimum absolute atomic E-state index is 0.214. The van der Waals surface area contributed by atoms with E-state index >= 15 is 0 Å². The van der Waals surface area contributed by atoms with Gasteiger partial charge in [-0.05, 0) is 12.0 Å². The van der Waals surface area contributed by atoms with Gasteiger partial charge >= 0.3 is 6.18 Å². The standard InChI is InChI=1S/C19H17F3N6O/c1-28-9-14(19(20,21)22)27-17(28)12-4-2-11(3-5-12)8-24-16-13-6-7-23-18(29)15(13)25-10-26-16/h2-5,9-10H,6-8H2,1H3,(H,23,29)(H,24,25,26). The van der Waals surface area contributed by atoms with Gasteiger partial charge in [0.1, 0.15) is 23.7 Å². The second-order valence-corrected chi connectivity index (χ2v) is 6.66. The van der Waals surface area contributed by atoms with Crippen LogP contribution in [0.25, 0.3) is 11.4 Å². The third-order valence-corrected chi connectivity index (χ3v) is 4.66. The molecule has 4 rings (SSSR count). The van der Waals surface area contributed by atoms with E-state index in [1.54, 1.807) is 12.1 Å². The maximum atomic E-state index is 12.8. The van der Waals surface area contributed by atoms with E-state index in [2.05, 4.69) is 25.6 Å². The van der Waals surface area contributed by atoms with Gasteiger partial charge in [0, 0.05) is 37.5 Å². The van der Waals surface area contributed by atoms with Gasteiger partial charge in [-0.1, -0.05) is 24.3 Å². The predicted octanol–water partition coefficient (Wildman–Crippen LogP) is 2.79. The van der Waals surface area contributed by atoms with Crippen molar-refractivity contribution in [2.24, 2.45) is 7.05 Å². The highest BCUT2D eigenvalue weighted by Gasteiger charge is 2.34. The smallest absolute Gasteiger partial charge is 0.366 e. The van der Waals surface area contributed by atoms with Gasteiger partial charge in [0.15, 0.2) is 5.69 Å². The lowest BCUT2D eigenvalue weighted by atomic mass is 10.1. The molecule has 0 spiro atoms. The van der Waals surface area contributed by atoms with Gasteiger partial charge < -0.3 is 15.2 Å². The van der Waals surface area contributed by atoms with Gasteiger partial charge in [0.25, 0.3) is 5.91 Å². The number of hydrogen-bond acceptors (Lipinski definition) is 5. The summed E-state index contributed by atoms with van der Waals surface area (Å²) >= 11 is 0. The molecule has 0 aliphatic carbocycles. The van der Waals surface area contributed by atoms with E-state index < -0.39 is 11.9 Å². The highest BCUT2D eigenvalue weighted by molar-refractivity contribution is 5.95. The molecule has 3 aromatic rings. The number of rotatable bonds is 4. The molecule has 2 N–H and O–H groups in total. The van der Waals surface area contributed by atoms with Crippen molar-refractivity contribution in [1.82, 2.24) is 24.8 Å². The molecule has 0 radical (unpaired) electrons. The molecule has 0 fully saturated rings. The molecular formula is C19H17F3N6O. The van der Waals surface area contributed by atoms with Gasteiger partial charge in [-0.3, -0.25) is 4.79 Å². The van der Waals surface area contributed by atoms with Crippen molar-refractivity contribution in [2.45, 2.75) is 19.1 Å². The first-order chi connectivity index (χ1) is 13.8. The maximum absolute atomic E-state index is 12.8. The van der Waals surface area contributed by atoms with E-state index in [9.17, 15) is 18.0 Å². The Morgan fingerprint density at radius 3 is 2.66 bits per heavy atom. The number of aromatic nitrogens is 4. The largest absolute Gasteiger partial charge is 0.434 e. The van der Waals surface area contributed by atoms with Gasteiger partial charge in [-0.25, -0.2) is 15.0 Å². The third kappa shape index (κ3) is 3.78. The van der Waals surface area contributed by atoms with Crippen molar-refractivity contribution in [2.75, 3.05) is 11.9 Å². The fourth-order valence-electron chi connectivity index (χ4n) is 3.21. The normalized spacial score (nSPS) is 13.7. The van der Waals surface area contributed by atoms with Crippen LogP contribution in [0.1, 0.15) is 27.3 Å². The first-order valence-electron chi connectivity index (χ1n) is 8.89. The number of halogens is 3. The van der Waals surface area contributed by atoms with Gasteiger partial charge in [0.05, 0.1) is 0 Å². The van der Waals surface area contributed by atoms with Gasteiger partial charge in [-0.15, -0.1) is 0 Å². The molecule has 1 amide bonds. The summed E-state index contributed by atoms with van der Waals surface area (Å²) in [5.74, 6) is 0.634. The van der Waals surface area contributed by atoms with Crippen LogP contribution in [-0.2, 0) is 26.2 Å². The number of hydrogen-bond donors (Lipinski definition) is 2. The molecule has 1 aliphatic rings. The number of anilines is 1. The Bertz CT molecular complexity index is 1060. The quantitative estimate of drug-likeness (QED) is 0.701. The van der Waals surface area contributed by atoms with Crippen molar-refractivity contribution >= 4 is 11.7 Å². The highest BCUT2D eigenvalue weighted by atomic mass is 19.4. The molecule has 0 saturated heterocycles. The molecule has 1 aliphatic heterocycles. The number of nitrogens with one attached hydrogen (secondary N) is 2. The predicted molar refractivity (Wildman–Crippen MR) is 99.0 cm³/mol. The number of alkyl halides is 3. The van der Waals surface area contributed by atoms with Crippen molar-refractivity contribution < 1.29 is 18.0 Å². The fraction of sp³-hybridized carbons (Fsp3) is 0.263. The zero-order valence-corrected chi connectivity index (χ0v) is 15.4. The summed E-state index contributed by atoms with van der Waals surface area (Å²) in [6, 6.07) is 7.07. The molecule has 150 valence electrons. The van der Waals surface area contributed by atoms with E-state index in [-0.39, 0.29) is 11.7 Å². The molecule has 10 heteroatoms. The molecule has 0 unspecified atom stereocenters. The summed E-state index contributed by atoms with van der Waals surface area (Å²) in [6.07, 6.45) is -1.52. The molecule has 3 heterocycles. The monoisotopic (exact) mass is 402 g/mol. The second kappa shape index (κ2) is 7.19. The van der Waals surface area contributed by atoms with Crippen LogP contribution in [0.3, 0.4) is 0 Å². The molecule has 29 heavy (non-hydrogen) atoms. The average Bonchev–Trinajstić information content (AvgIpc) is 3.09. The summed E-state index contributed by atoms with van der Waals surface area (Å²) in [5.41, 5.74) is 1.73. The zero-order chi connectivity index (χ0) is 20.6. The summed E-state index contributed by atoms with van der Waals surface area (Å²) < 4.78 is 39.9. The second-order valence-electron chi connectivity index (χ2n) is 6.66. The number of nitrogens with zero attached hydrogens (tertiary/aromatic N) is 4. The third-order valence-electron chi connectivity index (χ3n) is 4.66. The summed E-state index contributed by atoms with van der Waals surface area (Å²) in [4.78, 5) is 23.8. The number of amides is 1. The number of carbonyl (C=O) groups is 1. The van der Waals surface area contributed by atoms with Crippen LogP contribution in [0.5, 0.6) is 0 Å². The minimum atomic E-state index is -4.48.